The number of aliphatic hydroxyl groups excluding tert-OH is 1. The molecule has 0 aliphatic carbocycles. The van der Waals surface area contributed by atoms with Gasteiger partial charge >= 0.3 is 0 Å². The molecule has 6 heteroatoms. The molecule has 0 saturated heterocycles. The van der Waals surface area contributed by atoms with Gasteiger partial charge in [0.1, 0.15) is 4.90 Å². The summed E-state index contributed by atoms with van der Waals surface area (Å²) >= 11 is 0. The summed E-state index contributed by atoms with van der Waals surface area (Å²) in [4.78, 5) is 0.00403. The molecule has 0 fully saturated rings. The van der Waals surface area contributed by atoms with Crippen LogP contribution in [-0.2, 0) is 16.4 Å². The average Bonchev–Trinajstić information content (AvgIpc) is 2.36. The van der Waals surface area contributed by atoms with Crippen molar-refractivity contribution in [2.75, 3.05) is 20.0 Å². The Morgan fingerprint density at radius 2 is 1.88 bits per heavy atom. The summed E-state index contributed by atoms with van der Waals surface area (Å²) in [5.41, 5.74) is 0.310. The van der Waals surface area contributed by atoms with Gasteiger partial charge in [0.05, 0.1) is 26.6 Å². The zero-order chi connectivity index (χ0) is 13.1. The molecule has 0 radical (unpaired) electrons. The van der Waals surface area contributed by atoms with Gasteiger partial charge in [0.2, 0.25) is 0 Å². The molecule has 17 heavy (non-hydrogen) atoms. The minimum Gasteiger partial charge on any atom is -0.493 e. The van der Waals surface area contributed by atoms with Crippen molar-refractivity contribution in [3.05, 3.63) is 17.7 Å². The molecule has 96 valence electrons. The highest BCUT2D eigenvalue weighted by Gasteiger charge is 2.24. The molecule has 0 spiro atoms. The zero-order valence-electron chi connectivity index (χ0n) is 10.1. The Hall–Kier alpha value is -1.27. The smallest absolute Gasteiger partial charge is 0.182 e. The van der Waals surface area contributed by atoms with Crippen molar-refractivity contribution in [2.24, 2.45) is 0 Å². The van der Waals surface area contributed by atoms with E-state index in [2.05, 4.69) is 0 Å². The second kappa shape index (κ2) is 5.37. The van der Waals surface area contributed by atoms with E-state index < -0.39 is 9.84 Å². The van der Waals surface area contributed by atoms with Crippen LogP contribution in [0.4, 0.5) is 0 Å². The standard InChI is InChI=1S/C11H16O5S/c1-4-17(13,14)11-8(7-12)5-6-9(15-2)10(11)16-3/h5-6,12H,4,7H2,1-3H3. The molecule has 0 saturated carbocycles. The lowest BCUT2D eigenvalue weighted by atomic mass is 10.2. The molecule has 0 aliphatic heterocycles. The Morgan fingerprint density at radius 1 is 1.24 bits per heavy atom. The van der Waals surface area contributed by atoms with Crippen LogP contribution in [0.2, 0.25) is 0 Å². The first-order valence-electron chi connectivity index (χ1n) is 5.09. The van der Waals surface area contributed by atoms with E-state index in [1.165, 1.54) is 27.2 Å². The Bertz CT molecular complexity index is 493. The molecule has 5 nitrogen and oxygen atoms in total. The molecule has 0 aliphatic rings. The van der Waals surface area contributed by atoms with E-state index in [1.807, 2.05) is 0 Å². The third kappa shape index (κ3) is 2.53. The zero-order valence-corrected chi connectivity index (χ0v) is 10.9. The molecule has 1 N–H and O–H groups in total. The number of aliphatic hydroxyl groups is 1. The fourth-order valence-corrected chi connectivity index (χ4v) is 2.84. The summed E-state index contributed by atoms with van der Waals surface area (Å²) in [6.45, 7) is 1.17. The summed E-state index contributed by atoms with van der Waals surface area (Å²) in [6, 6.07) is 3.09. The van der Waals surface area contributed by atoms with Gasteiger partial charge in [-0.05, 0) is 6.07 Å². The Morgan fingerprint density at radius 3 is 2.29 bits per heavy atom. The largest absolute Gasteiger partial charge is 0.493 e. The maximum Gasteiger partial charge on any atom is 0.182 e. The molecular formula is C11H16O5S. The van der Waals surface area contributed by atoms with Crippen LogP contribution in [0.5, 0.6) is 11.5 Å². The number of hydrogen-bond donors (Lipinski definition) is 1. The third-order valence-electron chi connectivity index (χ3n) is 2.44. The van der Waals surface area contributed by atoms with Crippen molar-refractivity contribution in [3.63, 3.8) is 0 Å². The molecule has 1 rings (SSSR count). The topological polar surface area (TPSA) is 72.8 Å². The summed E-state index contributed by atoms with van der Waals surface area (Å²) in [7, 11) is -0.683. The monoisotopic (exact) mass is 260 g/mol. The fraction of sp³-hybridized carbons (Fsp3) is 0.455. The van der Waals surface area contributed by atoms with Gasteiger partial charge in [0.15, 0.2) is 21.3 Å². The van der Waals surface area contributed by atoms with Gasteiger partial charge in [-0.25, -0.2) is 8.42 Å². The molecule has 0 heterocycles. The van der Waals surface area contributed by atoms with E-state index in [0.717, 1.165) is 0 Å². The summed E-state index contributed by atoms with van der Waals surface area (Å²) in [5, 5.41) is 9.20. The van der Waals surface area contributed by atoms with Crippen molar-refractivity contribution in [3.8, 4) is 11.5 Å². The van der Waals surface area contributed by atoms with Crippen molar-refractivity contribution < 1.29 is 23.0 Å². The number of hydrogen-bond acceptors (Lipinski definition) is 5. The predicted octanol–water partition coefficient (Wildman–Crippen LogP) is 0.990. The van der Waals surface area contributed by atoms with E-state index in [0.29, 0.717) is 11.3 Å². The molecule has 0 aromatic heterocycles. The number of ether oxygens (including phenoxy) is 2. The molecule has 1 aromatic carbocycles. The van der Waals surface area contributed by atoms with Crippen molar-refractivity contribution in [1.29, 1.82) is 0 Å². The van der Waals surface area contributed by atoms with Crippen LogP contribution in [0.25, 0.3) is 0 Å². The second-order valence-corrected chi connectivity index (χ2v) is 5.57. The summed E-state index contributed by atoms with van der Waals surface area (Å²) < 4.78 is 34.1. The molecule has 0 bridgehead atoms. The van der Waals surface area contributed by atoms with Gasteiger partial charge in [0, 0.05) is 5.56 Å². The first-order valence-corrected chi connectivity index (χ1v) is 6.74. The van der Waals surface area contributed by atoms with Gasteiger partial charge in [0.25, 0.3) is 0 Å². The average molecular weight is 260 g/mol. The second-order valence-electron chi connectivity index (χ2n) is 3.35. The molecule has 0 amide bonds. The minimum absolute atomic E-state index is 0.00403. The molecule has 1 aromatic rings. The maximum atomic E-state index is 12.0. The van der Waals surface area contributed by atoms with Crippen LogP contribution in [-0.4, -0.2) is 33.5 Å². The summed E-state index contributed by atoms with van der Waals surface area (Å²) in [6.07, 6.45) is 0. The van der Waals surface area contributed by atoms with E-state index in [4.69, 9.17) is 9.47 Å². The maximum absolute atomic E-state index is 12.0. The highest BCUT2D eigenvalue weighted by molar-refractivity contribution is 7.91. The lowest BCUT2D eigenvalue weighted by Crippen LogP contribution is -2.10. The van der Waals surface area contributed by atoms with Gasteiger partial charge in [-0.1, -0.05) is 13.0 Å². The van der Waals surface area contributed by atoms with Gasteiger partial charge in [-0.3, -0.25) is 0 Å². The quantitative estimate of drug-likeness (QED) is 0.854. The van der Waals surface area contributed by atoms with Crippen LogP contribution in [0, 0.1) is 0 Å². The van der Waals surface area contributed by atoms with Gasteiger partial charge in [-0.15, -0.1) is 0 Å². The van der Waals surface area contributed by atoms with Crippen LogP contribution in [0.3, 0.4) is 0 Å². The van der Waals surface area contributed by atoms with E-state index in [9.17, 15) is 13.5 Å². The third-order valence-corrected chi connectivity index (χ3v) is 4.27. The van der Waals surface area contributed by atoms with E-state index in [1.54, 1.807) is 6.07 Å². The minimum atomic E-state index is -3.48. The lowest BCUT2D eigenvalue weighted by Gasteiger charge is -2.15. The summed E-state index contributed by atoms with van der Waals surface area (Å²) in [5.74, 6) is 0.404. The van der Waals surface area contributed by atoms with Gasteiger partial charge in [-0.2, -0.15) is 0 Å². The Labute approximate surface area is 101 Å². The normalized spacial score (nSPS) is 11.3. The van der Waals surface area contributed by atoms with Crippen LogP contribution in [0.15, 0.2) is 17.0 Å². The predicted molar refractivity (Wildman–Crippen MR) is 63.2 cm³/mol. The van der Waals surface area contributed by atoms with Gasteiger partial charge < -0.3 is 14.6 Å². The lowest BCUT2D eigenvalue weighted by molar-refractivity contribution is 0.275. The van der Waals surface area contributed by atoms with Crippen LogP contribution >= 0.6 is 0 Å². The SMILES string of the molecule is CCS(=O)(=O)c1c(CO)ccc(OC)c1OC. The number of rotatable bonds is 5. The van der Waals surface area contributed by atoms with Crippen molar-refractivity contribution in [2.45, 2.75) is 18.4 Å². The molecular weight excluding hydrogens is 244 g/mol. The highest BCUT2D eigenvalue weighted by Crippen LogP contribution is 2.37. The van der Waals surface area contributed by atoms with E-state index in [-0.39, 0.29) is 23.0 Å². The van der Waals surface area contributed by atoms with Crippen LogP contribution < -0.4 is 9.47 Å². The number of sulfone groups is 1. The molecule has 0 atom stereocenters. The fourth-order valence-electron chi connectivity index (χ4n) is 1.55. The first kappa shape index (κ1) is 13.8. The first-order chi connectivity index (χ1) is 8.01. The number of benzene rings is 1. The van der Waals surface area contributed by atoms with Crippen molar-refractivity contribution in [1.82, 2.24) is 0 Å². The Kier molecular flexibility index (Phi) is 4.36. The van der Waals surface area contributed by atoms with Crippen molar-refractivity contribution >= 4 is 9.84 Å². The Balaban J connectivity index is 3.63. The van der Waals surface area contributed by atoms with E-state index >= 15 is 0 Å². The highest BCUT2D eigenvalue weighted by atomic mass is 32.2. The number of methoxy groups -OCH3 is 2. The molecule has 0 unspecified atom stereocenters. The van der Waals surface area contributed by atoms with Crippen LogP contribution in [0.1, 0.15) is 12.5 Å².